The monoisotopic (exact) mass is 399 g/mol. The van der Waals surface area contributed by atoms with Crippen molar-refractivity contribution in [2.24, 2.45) is 0 Å². The number of rotatable bonds is 5. The maximum absolute atomic E-state index is 13.6. The summed E-state index contributed by atoms with van der Waals surface area (Å²) in [7, 11) is 1.58. The fourth-order valence-electron chi connectivity index (χ4n) is 3.23. The van der Waals surface area contributed by atoms with Crippen molar-refractivity contribution in [3.63, 3.8) is 0 Å². The smallest absolute Gasteiger partial charge is 0.389 e. The van der Waals surface area contributed by atoms with E-state index in [1.54, 1.807) is 24.9 Å². The third-order valence-electron chi connectivity index (χ3n) is 4.55. The van der Waals surface area contributed by atoms with Gasteiger partial charge < -0.3 is 9.64 Å². The molecule has 0 bridgehead atoms. The van der Waals surface area contributed by atoms with E-state index in [-0.39, 0.29) is 17.5 Å². The Balaban J connectivity index is 1.85. The van der Waals surface area contributed by atoms with Crippen LogP contribution < -0.4 is 9.64 Å². The number of anilines is 1. The highest BCUT2D eigenvalue weighted by Crippen LogP contribution is 2.46. The van der Waals surface area contributed by atoms with Gasteiger partial charge in [-0.2, -0.15) is 13.2 Å². The summed E-state index contributed by atoms with van der Waals surface area (Å²) < 4.78 is 56.5. The van der Waals surface area contributed by atoms with Crippen LogP contribution in [0, 0.1) is 5.82 Å². The van der Waals surface area contributed by atoms with E-state index < -0.39 is 12.6 Å². The van der Waals surface area contributed by atoms with Crippen molar-refractivity contribution in [1.29, 1.82) is 0 Å². The molecule has 0 saturated carbocycles. The maximum atomic E-state index is 13.6. The Morgan fingerprint density at radius 1 is 1.19 bits per heavy atom. The van der Waals surface area contributed by atoms with Crippen LogP contribution in [0.1, 0.15) is 30.1 Å². The first kappa shape index (κ1) is 19.9. The molecule has 1 aliphatic heterocycles. The van der Waals surface area contributed by atoms with Gasteiger partial charge in [-0.05, 0) is 48.7 Å². The molecule has 2 nitrogen and oxygen atoms in total. The summed E-state index contributed by atoms with van der Waals surface area (Å²) in [6.45, 7) is 0.945. The second kappa shape index (κ2) is 8.42. The first-order valence-electron chi connectivity index (χ1n) is 8.77. The number of ether oxygens (including phenoxy) is 1. The van der Waals surface area contributed by atoms with Gasteiger partial charge in [-0.15, -0.1) is 11.8 Å². The van der Waals surface area contributed by atoms with Crippen LogP contribution in [0.2, 0.25) is 0 Å². The fourth-order valence-corrected chi connectivity index (χ4v) is 4.54. The zero-order valence-corrected chi connectivity index (χ0v) is 15.7. The average Bonchev–Trinajstić information content (AvgIpc) is 2.80. The van der Waals surface area contributed by atoms with Crippen LogP contribution >= 0.6 is 11.8 Å². The molecule has 1 aliphatic rings. The SMILES string of the molecule is COc1ccc2c(c1)S[C@H](c1cccc(F)c1)CCN2CCCC(F)(F)F. The highest BCUT2D eigenvalue weighted by molar-refractivity contribution is 7.99. The van der Waals surface area contributed by atoms with E-state index in [4.69, 9.17) is 4.74 Å². The van der Waals surface area contributed by atoms with Gasteiger partial charge in [0, 0.05) is 29.7 Å². The van der Waals surface area contributed by atoms with Crippen molar-refractivity contribution in [2.45, 2.75) is 35.6 Å². The number of methoxy groups -OCH3 is 1. The van der Waals surface area contributed by atoms with Crippen LogP contribution in [0.4, 0.5) is 23.2 Å². The third kappa shape index (κ3) is 5.31. The molecule has 3 rings (SSSR count). The van der Waals surface area contributed by atoms with Gasteiger partial charge in [0.1, 0.15) is 11.6 Å². The average molecular weight is 399 g/mol. The Morgan fingerprint density at radius 3 is 2.70 bits per heavy atom. The molecule has 1 atom stereocenters. The largest absolute Gasteiger partial charge is 0.497 e. The van der Waals surface area contributed by atoms with Crippen LogP contribution in [0.5, 0.6) is 5.75 Å². The minimum atomic E-state index is -4.15. The summed E-state index contributed by atoms with van der Waals surface area (Å²) in [6, 6.07) is 12.1. The van der Waals surface area contributed by atoms with Gasteiger partial charge >= 0.3 is 6.18 Å². The molecule has 0 unspecified atom stereocenters. The molecule has 0 fully saturated rings. The van der Waals surface area contributed by atoms with Crippen LogP contribution in [0.15, 0.2) is 47.4 Å². The Kier molecular flexibility index (Phi) is 6.19. The van der Waals surface area contributed by atoms with E-state index >= 15 is 0 Å². The summed E-state index contributed by atoms with van der Waals surface area (Å²) in [4.78, 5) is 2.93. The Bertz CT molecular complexity index is 781. The summed E-state index contributed by atoms with van der Waals surface area (Å²) in [6.07, 6.45) is -4.18. The summed E-state index contributed by atoms with van der Waals surface area (Å²) >= 11 is 1.60. The lowest BCUT2D eigenvalue weighted by molar-refractivity contribution is -0.135. The Morgan fingerprint density at radius 2 is 2.00 bits per heavy atom. The normalized spacial score (nSPS) is 17.4. The van der Waals surface area contributed by atoms with E-state index in [1.165, 1.54) is 12.1 Å². The van der Waals surface area contributed by atoms with Crippen molar-refractivity contribution in [2.75, 3.05) is 25.1 Å². The lowest BCUT2D eigenvalue weighted by Crippen LogP contribution is -2.26. The zero-order valence-electron chi connectivity index (χ0n) is 14.9. The van der Waals surface area contributed by atoms with Gasteiger partial charge in [-0.25, -0.2) is 4.39 Å². The van der Waals surface area contributed by atoms with E-state index in [1.807, 2.05) is 29.2 Å². The number of nitrogens with zero attached hydrogens (tertiary/aromatic N) is 1. The zero-order chi connectivity index (χ0) is 19.4. The van der Waals surface area contributed by atoms with Gasteiger partial charge in [0.2, 0.25) is 0 Å². The molecule has 0 aromatic heterocycles. The first-order valence-corrected chi connectivity index (χ1v) is 9.65. The van der Waals surface area contributed by atoms with E-state index in [9.17, 15) is 17.6 Å². The van der Waals surface area contributed by atoms with Gasteiger partial charge in [0.05, 0.1) is 12.8 Å². The lowest BCUT2D eigenvalue weighted by atomic mass is 10.1. The molecule has 2 aromatic carbocycles. The highest BCUT2D eigenvalue weighted by atomic mass is 32.2. The molecule has 27 heavy (non-hydrogen) atoms. The molecular weight excluding hydrogens is 378 g/mol. The fraction of sp³-hybridized carbons (Fsp3) is 0.400. The molecule has 0 radical (unpaired) electrons. The number of halogens is 4. The van der Waals surface area contributed by atoms with Crippen LogP contribution in [-0.2, 0) is 0 Å². The van der Waals surface area contributed by atoms with Crippen molar-refractivity contribution >= 4 is 17.4 Å². The molecule has 0 saturated heterocycles. The second-order valence-electron chi connectivity index (χ2n) is 6.49. The van der Waals surface area contributed by atoms with Gasteiger partial charge in [0.25, 0.3) is 0 Å². The number of alkyl halides is 3. The number of hydrogen-bond acceptors (Lipinski definition) is 3. The van der Waals surface area contributed by atoms with Crippen LogP contribution in [0.25, 0.3) is 0 Å². The Hall–Kier alpha value is -1.89. The quantitative estimate of drug-likeness (QED) is 0.554. The number of hydrogen-bond donors (Lipinski definition) is 0. The molecule has 2 aromatic rings. The second-order valence-corrected chi connectivity index (χ2v) is 7.73. The van der Waals surface area contributed by atoms with Gasteiger partial charge in [-0.3, -0.25) is 0 Å². The summed E-state index contributed by atoms with van der Waals surface area (Å²) in [5, 5.41) is 0.0270. The molecule has 0 aliphatic carbocycles. The van der Waals surface area contributed by atoms with Crippen molar-refractivity contribution < 1.29 is 22.3 Å². The van der Waals surface area contributed by atoms with E-state index in [0.29, 0.717) is 18.8 Å². The minimum Gasteiger partial charge on any atom is -0.497 e. The summed E-state index contributed by atoms with van der Waals surface area (Å²) in [5.74, 6) is 0.404. The predicted molar refractivity (Wildman–Crippen MR) is 100 cm³/mol. The topological polar surface area (TPSA) is 12.5 Å². The molecular formula is C20H21F4NOS. The highest BCUT2D eigenvalue weighted by Gasteiger charge is 2.28. The van der Waals surface area contributed by atoms with Gasteiger partial charge in [0.15, 0.2) is 0 Å². The lowest BCUT2D eigenvalue weighted by Gasteiger charge is -2.25. The standard InChI is InChI=1S/C20H21F4NOS/c1-26-16-6-7-17-19(13-16)27-18(14-4-2-5-15(21)12-14)8-11-25(17)10-3-9-20(22,23)24/h2,4-7,12-13,18H,3,8-11H2,1H3/t18-/m0/s1. The van der Waals surface area contributed by atoms with E-state index in [2.05, 4.69) is 0 Å². The first-order chi connectivity index (χ1) is 12.9. The van der Waals surface area contributed by atoms with Crippen LogP contribution in [0.3, 0.4) is 0 Å². The molecule has 146 valence electrons. The van der Waals surface area contributed by atoms with Crippen molar-refractivity contribution in [3.05, 3.63) is 53.8 Å². The molecule has 1 heterocycles. The Labute approximate surface area is 160 Å². The molecule has 0 spiro atoms. The number of fused-ring (bicyclic) bond motifs is 1. The molecule has 0 N–H and O–H groups in total. The minimum absolute atomic E-state index is 0.0270. The van der Waals surface area contributed by atoms with Crippen molar-refractivity contribution in [1.82, 2.24) is 0 Å². The maximum Gasteiger partial charge on any atom is 0.389 e. The molecule has 0 amide bonds. The van der Waals surface area contributed by atoms with Crippen molar-refractivity contribution in [3.8, 4) is 5.75 Å². The summed E-state index contributed by atoms with van der Waals surface area (Å²) in [5.41, 5.74) is 1.78. The number of thioether (sulfide) groups is 1. The molecule has 7 heteroatoms. The number of benzene rings is 2. The van der Waals surface area contributed by atoms with Crippen LogP contribution in [-0.4, -0.2) is 26.4 Å². The third-order valence-corrected chi connectivity index (χ3v) is 5.92. The predicted octanol–water partition coefficient (Wildman–Crippen LogP) is 6.22. The van der Waals surface area contributed by atoms with Gasteiger partial charge in [-0.1, -0.05) is 12.1 Å². The van der Waals surface area contributed by atoms with E-state index in [0.717, 1.165) is 22.6 Å².